The van der Waals surface area contributed by atoms with Gasteiger partial charge in [0, 0.05) is 17.6 Å². The lowest BCUT2D eigenvalue weighted by atomic mass is 10.4. The van der Waals surface area contributed by atoms with Crippen LogP contribution in [0.4, 0.5) is 0 Å². The zero-order valence-corrected chi connectivity index (χ0v) is 9.81. The van der Waals surface area contributed by atoms with E-state index in [1.165, 1.54) is 11.5 Å². The van der Waals surface area contributed by atoms with Gasteiger partial charge in [-0.1, -0.05) is 11.8 Å². The van der Waals surface area contributed by atoms with E-state index in [-0.39, 0.29) is 0 Å². The molecule has 2 N–H and O–H groups in total. The average Bonchev–Trinajstić information content (AvgIpc) is 2.65. The second kappa shape index (κ2) is 4.69. The van der Waals surface area contributed by atoms with Crippen LogP contribution in [-0.2, 0) is 6.54 Å². The second-order valence-electron chi connectivity index (χ2n) is 2.90. The molecule has 15 heavy (non-hydrogen) atoms. The topological polar surface area (TPSA) is 64.7 Å². The zero-order valence-electron chi connectivity index (χ0n) is 8.17. The molecule has 0 unspecified atom stereocenters. The molecule has 0 atom stereocenters. The van der Waals surface area contributed by atoms with Crippen molar-refractivity contribution in [2.24, 2.45) is 5.73 Å². The van der Waals surface area contributed by atoms with Crippen LogP contribution < -0.4 is 5.73 Å². The van der Waals surface area contributed by atoms with Crippen molar-refractivity contribution in [3.8, 4) is 0 Å². The molecule has 0 bridgehead atoms. The fourth-order valence-electron chi connectivity index (χ4n) is 1.01. The number of nitrogens with zero attached hydrogens (tertiary/aromatic N) is 3. The summed E-state index contributed by atoms with van der Waals surface area (Å²) in [5.41, 5.74) is 6.36. The molecule has 2 aromatic rings. The Morgan fingerprint density at radius 1 is 1.47 bits per heavy atom. The Morgan fingerprint density at radius 3 is 2.87 bits per heavy atom. The third kappa shape index (κ3) is 2.74. The average molecular weight is 238 g/mol. The van der Waals surface area contributed by atoms with Gasteiger partial charge in [0.25, 0.3) is 0 Å². The fraction of sp³-hybridized carbons (Fsp3) is 0.222. The number of aryl methyl sites for hydroxylation is 1. The van der Waals surface area contributed by atoms with Crippen molar-refractivity contribution in [1.29, 1.82) is 0 Å². The van der Waals surface area contributed by atoms with E-state index in [0.29, 0.717) is 6.54 Å². The van der Waals surface area contributed by atoms with Gasteiger partial charge in [-0.15, -0.1) is 0 Å². The number of aromatic nitrogens is 3. The number of nitrogens with two attached hydrogens (primary N) is 1. The molecule has 0 radical (unpaired) electrons. The summed E-state index contributed by atoms with van der Waals surface area (Å²) >= 11 is 2.97. The van der Waals surface area contributed by atoms with Gasteiger partial charge in [0.2, 0.25) is 0 Å². The molecule has 2 aromatic heterocycles. The lowest BCUT2D eigenvalue weighted by Crippen LogP contribution is -1.98. The van der Waals surface area contributed by atoms with E-state index in [1.807, 2.05) is 25.3 Å². The number of pyridine rings is 1. The molecule has 0 aliphatic rings. The summed E-state index contributed by atoms with van der Waals surface area (Å²) in [6.45, 7) is 2.36. The maximum absolute atomic E-state index is 5.47. The van der Waals surface area contributed by atoms with Gasteiger partial charge < -0.3 is 5.73 Å². The lowest BCUT2D eigenvalue weighted by molar-refractivity contribution is 0.976. The van der Waals surface area contributed by atoms with E-state index < -0.39 is 0 Å². The van der Waals surface area contributed by atoms with Crippen molar-refractivity contribution in [2.45, 2.75) is 22.7 Å². The molecule has 0 aliphatic carbocycles. The van der Waals surface area contributed by atoms with E-state index >= 15 is 0 Å². The molecule has 0 amide bonds. The molecule has 0 aromatic carbocycles. The van der Waals surface area contributed by atoms with Crippen molar-refractivity contribution in [3.63, 3.8) is 0 Å². The molecule has 0 aliphatic heterocycles. The maximum Gasteiger partial charge on any atom is 0.174 e. The van der Waals surface area contributed by atoms with Crippen LogP contribution in [0.1, 0.15) is 11.5 Å². The maximum atomic E-state index is 5.47. The molecule has 2 heterocycles. The Hall–Kier alpha value is -0.980. The van der Waals surface area contributed by atoms with Crippen LogP contribution in [0.15, 0.2) is 27.6 Å². The first kappa shape index (κ1) is 10.5. The normalized spacial score (nSPS) is 10.5. The van der Waals surface area contributed by atoms with Crippen LogP contribution in [0.3, 0.4) is 0 Å². The highest BCUT2D eigenvalue weighted by Gasteiger charge is 2.03. The van der Waals surface area contributed by atoms with Crippen LogP contribution in [0.2, 0.25) is 0 Å². The smallest absolute Gasteiger partial charge is 0.174 e. The quantitative estimate of drug-likeness (QED) is 0.884. The molecule has 0 fully saturated rings. The fourth-order valence-corrected chi connectivity index (χ4v) is 2.61. The molecule has 2 rings (SSSR count). The zero-order chi connectivity index (χ0) is 10.7. The monoisotopic (exact) mass is 238 g/mol. The third-order valence-corrected chi connectivity index (χ3v) is 3.54. The van der Waals surface area contributed by atoms with E-state index in [4.69, 9.17) is 5.73 Å². The van der Waals surface area contributed by atoms with Gasteiger partial charge in [-0.2, -0.15) is 4.37 Å². The van der Waals surface area contributed by atoms with Gasteiger partial charge >= 0.3 is 0 Å². The predicted octanol–water partition coefficient (Wildman–Crippen LogP) is 1.85. The van der Waals surface area contributed by atoms with Gasteiger partial charge in [-0.05, 0) is 30.6 Å². The van der Waals surface area contributed by atoms with E-state index in [1.54, 1.807) is 11.8 Å². The molecule has 6 heteroatoms. The van der Waals surface area contributed by atoms with Crippen molar-refractivity contribution in [3.05, 3.63) is 29.8 Å². The van der Waals surface area contributed by atoms with Crippen molar-refractivity contribution < 1.29 is 0 Å². The van der Waals surface area contributed by atoms with E-state index in [0.717, 1.165) is 20.8 Å². The van der Waals surface area contributed by atoms with Crippen LogP contribution in [0, 0.1) is 6.92 Å². The number of hydrogen-bond acceptors (Lipinski definition) is 6. The second-order valence-corrected chi connectivity index (χ2v) is 4.97. The van der Waals surface area contributed by atoms with Crippen molar-refractivity contribution in [1.82, 2.24) is 14.3 Å². The summed E-state index contributed by atoms with van der Waals surface area (Å²) in [7, 11) is 0. The van der Waals surface area contributed by atoms with Gasteiger partial charge in [-0.3, -0.25) is 4.98 Å². The highest BCUT2D eigenvalue weighted by Crippen LogP contribution is 2.28. The summed E-state index contributed by atoms with van der Waals surface area (Å²) in [5.74, 6) is 0.814. The van der Waals surface area contributed by atoms with Gasteiger partial charge in [0.1, 0.15) is 5.82 Å². The van der Waals surface area contributed by atoms with Gasteiger partial charge in [0.05, 0.1) is 5.69 Å². The van der Waals surface area contributed by atoms with Crippen molar-refractivity contribution in [2.75, 3.05) is 0 Å². The van der Waals surface area contributed by atoms with Gasteiger partial charge in [-0.25, -0.2) is 4.98 Å². The summed E-state index contributed by atoms with van der Waals surface area (Å²) in [6, 6.07) is 3.92. The highest BCUT2D eigenvalue weighted by molar-refractivity contribution is 8.01. The first-order chi connectivity index (χ1) is 7.28. The molecular formula is C9H10N4S2. The minimum absolute atomic E-state index is 0.475. The molecule has 4 nitrogen and oxygen atoms in total. The first-order valence-electron chi connectivity index (χ1n) is 4.41. The predicted molar refractivity (Wildman–Crippen MR) is 60.9 cm³/mol. The van der Waals surface area contributed by atoms with E-state index in [9.17, 15) is 0 Å². The molecule has 0 spiro atoms. The molecular weight excluding hydrogens is 228 g/mol. The Bertz CT molecular complexity index is 438. The summed E-state index contributed by atoms with van der Waals surface area (Å²) in [4.78, 5) is 9.54. The summed E-state index contributed by atoms with van der Waals surface area (Å²) in [6.07, 6.45) is 1.81. The Morgan fingerprint density at radius 2 is 2.33 bits per heavy atom. The summed E-state index contributed by atoms with van der Waals surface area (Å²) in [5, 5.41) is 0. The number of hydrogen-bond donors (Lipinski definition) is 1. The minimum Gasteiger partial charge on any atom is -0.325 e. The number of rotatable bonds is 3. The Balaban J connectivity index is 2.11. The minimum atomic E-state index is 0.475. The third-order valence-electron chi connectivity index (χ3n) is 1.72. The van der Waals surface area contributed by atoms with Crippen LogP contribution in [0.5, 0.6) is 0 Å². The largest absolute Gasteiger partial charge is 0.325 e. The van der Waals surface area contributed by atoms with Crippen LogP contribution in [-0.4, -0.2) is 14.3 Å². The van der Waals surface area contributed by atoms with Gasteiger partial charge in [0.15, 0.2) is 4.34 Å². The molecule has 0 saturated carbocycles. The lowest BCUT2D eigenvalue weighted by Gasteiger charge is -1.98. The standard InChI is InChI=1S/C9H10N4S2/c1-6-12-9(15-13-6)14-8-3-2-7(4-10)11-5-8/h2-3,5H,4,10H2,1H3. The first-order valence-corrected chi connectivity index (χ1v) is 6.00. The highest BCUT2D eigenvalue weighted by atomic mass is 32.2. The van der Waals surface area contributed by atoms with Crippen LogP contribution in [0.25, 0.3) is 0 Å². The summed E-state index contributed by atoms with van der Waals surface area (Å²) < 4.78 is 5.06. The van der Waals surface area contributed by atoms with E-state index in [2.05, 4.69) is 14.3 Å². The Kier molecular flexibility index (Phi) is 3.30. The molecule has 0 saturated heterocycles. The Labute approximate surface area is 96.1 Å². The molecule has 78 valence electrons. The SMILES string of the molecule is Cc1nsc(Sc2ccc(CN)nc2)n1. The van der Waals surface area contributed by atoms with Crippen LogP contribution >= 0.6 is 23.3 Å². The van der Waals surface area contributed by atoms with Crippen molar-refractivity contribution >= 4 is 23.3 Å².